The van der Waals surface area contributed by atoms with Gasteiger partial charge < -0.3 is 14.7 Å². The molecular weight excluding hydrogens is 413 g/mol. The lowest BCUT2D eigenvalue weighted by molar-refractivity contribution is 0.148. The van der Waals surface area contributed by atoms with Gasteiger partial charge in [-0.3, -0.25) is 4.90 Å². The zero-order valence-electron chi connectivity index (χ0n) is 18.3. The first-order valence-electron chi connectivity index (χ1n) is 11.1. The fourth-order valence-corrected chi connectivity index (χ4v) is 6.22. The van der Waals surface area contributed by atoms with Crippen LogP contribution in [0, 0.1) is 11.7 Å². The number of thiazole rings is 1. The van der Waals surface area contributed by atoms with Crippen molar-refractivity contribution in [3.63, 3.8) is 0 Å². The van der Waals surface area contributed by atoms with E-state index in [1.54, 1.807) is 42.5 Å². The smallest absolute Gasteiger partial charge is 0.323 e. The summed E-state index contributed by atoms with van der Waals surface area (Å²) < 4.78 is 14.2. The Morgan fingerprint density at radius 3 is 2.81 bits per heavy atom. The molecule has 3 aliphatic heterocycles. The van der Waals surface area contributed by atoms with Gasteiger partial charge in [0.15, 0.2) is 5.13 Å². The molecular formula is C23H30FN5OS. The molecule has 2 aromatic rings. The summed E-state index contributed by atoms with van der Waals surface area (Å²) in [4.78, 5) is 25.7. The number of rotatable bonds is 3. The Kier molecular flexibility index (Phi) is 5.38. The van der Waals surface area contributed by atoms with E-state index in [0.29, 0.717) is 12.5 Å². The molecule has 0 saturated carbocycles. The van der Waals surface area contributed by atoms with Gasteiger partial charge in [-0.1, -0.05) is 0 Å². The first-order chi connectivity index (χ1) is 14.9. The molecule has 3 aliphatic rings. The Bertz CT molecular complexity index is 941. The average molecular weight is 444 g/mol. The Hall–Kier alpha value is -2.19. The third-order valence-corrected chi connectivity index (χ3v) is 8.03. The monoisotopic (exact) mass is 443 g/mol. The normalized spacial score (nSPS) is 22.9. The molecule has 2 saturated heterocycles. The highest BCUT2D eigenvalue weighted by Gasteiger charge is 2.47. The molecule has 0 aliphatic carbocycles. The molecule has 0 N–H and O–H groups in total. The van der Waals surface area contributed by atoms with Crippen molar-refractivity contribution in [2.75, 3.05) is 63.2 Å². The molecule has 6 nitrogen and oxygen atoms in total. The van der Waals surface area contributed by atoms with E-state index in [0.717, 1.165) is 61.9 Å². The largest absolute Gasteiger partial charge is 0.348 e. The standard InChI is InChI=1S/C23H30FN5OS/c1-26(2)22(30)29-16-23(19-13-18(24)3-4-20(19)29)6-10-27(11-7-23)14-17-5-9-28(15-17)21-25-8-12-31-21/h3-4,8,12-13,17H,5-7,9-11,14-16H2,1-2H3/t17-/m1/s1. The number of carbonyl (C=O) groups excluding carboxylic acids is 1. The second-order valence-electron chi connectivity index (χ2n) is 9.42. The molecule has 2 amide bonds. The molecule has 0 radical (unpaired) electrons. The predicted octanol–water partition coefficient (Wildman–Crippen LogP) is 3.64. The second kappa shape index (κ2) is 8.06. The fourth-order valence-electron chi connectivity index (χ4n) is 5.54. The van der Waals surface area contributed by atoms with Crippen LogP contribution in [-0.4, -0.2) is 74.2 Å². The number of piperidine rings is 1. The van der Waals surface area contributed by atoms with Gasteiger partial charge in [0.05, 0.1) is 0 Å². The maximum Gasteiger partial charge on any atom is 0.323 e. The number of hydrogen-bond donors (Lipinski definition) is 0. The lowest BCUT2D eigenvalue weighted by Gasteiger charge is -2.40. The number of anilines is 2. The minimum absolute atomic E-state index is 0.0274. The highest BCUT2D eigenvalue weighted by molar-refractivity contribution is 7.13. The van der Waals surface area contributed by atoms with Crippen molar-refractivity contribution in [3.8, 4) is 0 Å². The predicted molar refractivity (Wildman–Crippen MR) is 123 cm³/mol. The maximum absolute atomic E-state index is 14.2. The van der Waals surface area contributed by atoms with Crippen molar-refractivity contribution >= 4 is 28.2 Å². The minimum atomic E-state index is -0.215. The van der Waals surface area contributed by atoms with Crippen LogP contribution in [-0.2, 0) is 5.41 Å². The van der Waals surface area contributed by atoms with E-state index < -0.39 is 0 Å². The maximum atomic E-state index is 14.2. The van der Waals surface area contributed by atoms with E-state index >= 15 is 0 Å². The van der Waals surface area contributed by atoms with Crippen molar-refractivity contribution in [2.45, 2.75) is 24.7 Å². The molecule has 1 aromatic heterocycles. The van der Waals surface area contributed by atoms with E-state index in [2.05, 4.69) is 14.8 Å². The zero-order chi connectivity index (χ0) is 21.6. The van der Waals surface area contributed by atoms with Crippen LogP contribution in [0.5, 0.6) is 0 Å². The van der Waals surface area contributed by atoms with Gasteiger partial charge in [0.1, 0.15) is 5.82 Å². The van der Waals surface area contributed by atoms with Crippen LogP contribution in [0.3, 0.4) is 0 Å². The molecule has 5 rings (SSSR count). The van der Waals surface area contributed by atoms with Gasteiger partial charge in [-0.2, -0.15) is 0 Å². The van der Waals surface area contributed by atoms with Crippen molar-refractivity contribution in [1.29, 1.82) is 0 Å². The van der Waals surface area contributed by atoms with Gasteiger partial charge in [0, 0.05) is 63.0 Å². The number of aromatic nitrogens is 1. The molecule has 1 spiro atoms. The van der Waals surface area contributed by atoms with Gasteiger partial charge >= 0.3 is 6.03 Å². The lowest BCUT2D eigenvalue weighted by Crippen LogP contribution is -2.48. The number of urea groups is 1. The number of carbonyl (C=O) groups is 1. The van der Waals surface area contributed by atoms with Crippen LogP contribution < -0.4 is 9.80 Å². The first kappa shape index (κ1) is 20.7. The first-order valence-corrected chi connectivity index (χ1v) is 12.0. The number of likely N-dealkylation sites (tertiary alicyclic amines) is 1. The van der Waals surface area contributed by atoms with Crippen LogP contribution in [0.15, 0.2) is 29.8 Å². The summed E-state index contributed by atoms with van der Waals surface area (Å²) in [6, 6.07) is 4.88. The number of hydrogen-bond acceptors (Lipinski definition) is 5. The van der Waals surface area contributed by atoms with Gasteiger partial charge in [-0.15, -0.1) is 11.3 Å². The van der Waals surface area contributed by atoms with Crippen LogP contribution >= 0.6 is 11.3 Å². The Morgan fingerprint density at radius 2 is 2.10 bits per heavy atom. The molecule has 0 bridgehead atoms. The molecule has 2 fully saturated rings. The van der Waals surface area contributed by atoms with E-state index in [-0.39, 0.29) is 17.3 Å². The molecule has 0 unspecified atom stereocenters. The quantitative estimate of drug-likeness (QED) is 0.727. The Balaban J connectivity index is 1.25. The highest BCUT2D eigenvalue weighted by atomic mass is 32.1. The third kappa shape index (κ3) is 3.80. The number of fused-ring (bicyclic) bond motifs is 2. The van der Waals surface area contributed by atoms with Gasteiger partial charge in [-0.05, 0) is 62.0 Å². The van der Waals surface area contributed by atoms with Crippen molar-refractivity contribution in [1.82, 2.24) is 14.8 Å². The van der Waals surface area contributed by atoms with E-state index in [9.17, 15) is 9.18 Å². The van der Waals surface area contributed by atoms with E-state index in [4.69, 9.17) is 0 Å². The molecule has 8 heteroatoms. The summed E-state index contributed by atoms with van der Waals surface area (Å²) in [7, 11) is 3.55. The minimum Gasteiger partial charge on any atom is -0.348 e. The van der Waals surface area contributed by atoms with Crippen LogP contribution in [0.2, 0.25) is 0 Å². The van der Waals surface area contributed by atoms with Crippen LogP contribution in [0.4, 0.5) is 20.0 Å². The van der Waals surface area contributed by atoms with Crippen LogP contribution in [0.1, 0.15) is 24.8 Å². The molecule has 166 valence electrons. The summed E-state index contributed by atoms with van der Waals surface area (Å²) in [6.45, 7) is 5.91. The summed E-state index contributed by atoms with van der Waals surface area (Å²) in [6.07, 6.45) is 5.01. The van der Waals surface area contributed by atoms with Crippen molar-refractivity contribution in [3.05, 3.63) is 41.2 Å². The summed E-state index contributed by atoms with van der Waals surface area (Å²) in [5.74, 6) is 0.450. The number of benzene rings is 1. The van der Waals surface area contributed by atoms with Gasteiger partial charge in [0.2, 0.25) is 0 Å². The van der Waals surface area contributed by atoms with E-state index in [1.165, 1.54) is 12.5 Å². The SMILES string of the molecule is CN(C)C(=O)N1CC2(CCN(C[C@H]3CCN(c4nccs4)C3)CC2)c2cc(F)ccc21. The van der Waals surface area contributed by atoms with Gasteiger partial charge in [-0.25, -0.2) is 14.2 Å². The van der Waals surface area contributed by atoms with Crippen molar-refractivity contribution < 1.29 is 9.18 Å². The van der Waals surface area contributed by atoms with Gasteiger partial charge in [0.25, 0.3) is 0 Å². The highest BCUT2D eigenvalue weighted by Crippen LogP contribution is 2.47. The summed E-state index contributed by atoms with van der Waals surface area (Å²) in [5, 5.41) is 3.18. The third-order valence-electron chi connectivity index (χ3n) is 7.20. The number of nitrogens with zero attached hydrogens (tertiary/aromatic N) is 5. The number of amides is 2. The van der Waals surface area contributed by atoms with Crippen molar-refractivity contribution in [2.24, 2.45) is 5.92 Å². The van der Waals surface area contributed by atoms with Crippen LogP contribution in [0.25, 0.3) is 0 Å². The Labute approximate surface area is 187 Å². The lowest BCUT2D eigenvalue weighted by atomic mass is 9.74. The molecule has 4 heterocycles. The summed E-state index contributed by atoms with van der Waals surface area (Å²) >= 11 is 1.71. The summed E-state index contributed by atoms with van der Waals surface area (Å²) in [5.41, 5.74) is 1.75. The molecule has 1 aromatic carbocycles. The molecule has 1 atom stereocenters. The zero-order valence-corrected chi connectivity index (χ0v) is 19.1. The average Bonchev–Trinajstić information content (AvgIpc) is 3.49. The fraction of sp³-hybridized carbons (Fsp3) is 0.565. The topological polar surface area (TPSA) is 42.9 Å². The second-order valence-corrected chi connectivity index (χ2v) is 10.3. The molecule has 31 heavy (non-hydrogen) atoms. The number of halogens is 1. The van der Waals surface area contributed by atoms with E-state index in [1.807, 2.05) is 16.5 Å². The Morgan fingerprint density at radius 1 is 1.29 bits per heavy atom.